The fourth-order valence-electron chi connectivity index (χ4n) is 3.07. The summed E-state index contributed by atoms with van der Waals surface area (Å²) >= 11 is 7.57. The Labute approximate surface area is 176 Å². The lowest BCUT2D eigenvalue weighted by Gasteiger charge is -2.10. The summed E-state index contributed by atoms with van der Waals surface area (Å²) in [6, 6.07) is 12.9. The number of halogens is 1. The number of benzene rings is 1. The Morgan fingerprint density at radius 1 is 1.24 bits per heavy atom. The number of pyridine rings is 2. The van der Waals surface area contributed by atoms with Gasteiger partial charge in [-0.15, -0.1) is 11.3 Å². The minimum Gasteiger partial charge on any atom is -0.312 e. The first-order valence-electron chi connectivity index (χ1n) is 8.80. The van der Waals surface area contributed by atoms with Gasteiger partial charge in [-0.2, -0.15) is 5.26 Å². The number of amides is 1. The van der Waals surface area contributed by atoms with E-state index in [-0.39, 0.29) is 5.91 Å². The van der Waals surface area contributed by atoms with E-state index in [9.17, 15) is 10.1 Å². The number of hydrogen-bond acceptors (Lipinski definition) is 5. The van der Waals surface area contributed by atoms with Crippen LogP contribution in [0.5, 0.6) is 0 Å². The molecule has 0 bridgehead atoms. The third kappa shape index (κ3) is 3.58. The number of hydrogen-bond donors (Lipinski definition) is 1. The molecular formula is C22H15ClN4OS. The molecule has 0 aliphatic rings. The molecule has 0 atom stereocenters. The number of carbonyl (C=O) groups is 1. The number of rotatable bonds is 3. The third-order valence-corrected chi connectivity index (χ3v) is 6.05. The van der Waals surface area contributed by atoms with Gasteiger partial charge >= 0.3 is 0 Å². The molecule has 0 aliphatic carbocycles. The van der Waals surface area contributed by atoms with Crippen LogP contribution >= 0.6 is 22.9 Å². The zero-order chi connectivity index (χ0) is 20.5. The Bertz CT molecular complexity index is 1290. The third-order valence-electron chi connectivity index (χ3n) is 4.70. The molecule has 0 radical (unpaired) electrons. The normalized spacial score (nSPS) is 10.7. The molecule has 0 unspecified atom stereocenters. The zero-order valence-corrected chi connectivity index (χ0v) is 17.2. The average molecular weight is 419 g/mol. The van der Waals surface area contributed by atoms with Crippen molar-refractivity contribution in [1.82, 2.24) is 9.97 Å². The van der Waals surface area contributed by atoms with Gasteiger partial charge in [-0.1, -0.05) is 11.6 Å². The van der Waals surface area contributed by atoms with Crippen molar-refractivity contribution in [3.63, 3.8) is 0 Å². The van der Waals surface area contributed by atoms with E-state index >= 15 is 0 Å². The second-order valence-electron chi connectivity index (χ2n) is 6.51. The maximum absolute atomic E-state index is 13.2. The molecule has 7 heteroatoms. The van der Waals surface area contributed by atoms with Gasteiger partial charge in [0.05, 0.1) is 22.3 Å². The van der Waals surface area contributed by atoms with E-state index in [2.05, 4.69) is 21.4 Å². The van der Waals surface area contributed by atoms with Crippen molar-refractivity contribution in [3.8, 4) is 17.3 Å². The summed E-state index contributed by atoms with van der Waals surface area (Å²) in [6.45, 7) is 3.81. The van der Waals surface area contributed by atoms with Crippen LogP contribution in [0.4, 0.5) is 5.00 Å². The first kappa shape index (κ1) is 19.1. The number of aromatic nitrogens is 2. The Morgan fingerprint density at radius 3 is 2.79 bits per heavy atom. The van der Waals surface area contributed by atoms with E-state index in [0.29, 0.717) is 37.7 Å². The van der Waals surface area contributed by atoms with Crippen molar-refractivity contribution in [2.75, 3.05) is 5.32 Å². The van der Waals surface area contributed by atoms with Crippen LogP contribution in [0.1, 0.15) is 26.4 Å². The van der Waals surface area contributed by atoms with Crippen LogP contribution < -0.4 is 5.32 Å². The van der Waals surface area contributed by atoms with Crippen molar-refractivity contribution in [2.45, 2.75) is 13.8 Å². The molecule has 1 N–H and O–H groups in total. The molecule has 4 aromatic rings. The summed E-state index contributed by atoms with van der Waals surface area (Å²) < 4.78 is 0. The molecule has 29 heavy (non-hydrogen) atoms. The van der Waals surface area contributed by atoms with Crippen LogP contribution in [0.2, 0.25) is 5.02 Å². The average Bonchev–Trinajstić information content (AvgIpc) is 3.00. The van der Waals surface area contributed by atoms with E-state index in [1.807, 2.05) is 26.0 Å². The minimum absolute atomic E-state index is 0.317. The van der Waals surface area contributed by atoms with Crippen LogP contribution in [-0.2, 0) is 0 Å². The van der Waals surface area contributed by atoms with E-state index in [4.69, 9.17) is 11.6 Å². The summed E-state index contributed by atoms with van der Waals surface area (Å²) in [6.07, 6.45) is 3.38. The Balaban J connectivity index is 1.85. The molecule has 3 heterocycles. The van der Waals surface area contributed by atoms with Gasteiger partial charge in [-0.05, 0) is 55.8 Å². The first-order chi connectivity index (χ1) is 14.0. The Kier molecular flexibility index (Phi) is 5.01. The summed E-state index contributed by atoms with van der Waals surface area (Å²) in [5.74, 6) is -0.317. The molecule has 142 valence electrons. The number of nitrogens with zero attached hydrogens (tertiary/aromatic N) is 3. The van der Waals surface area contributed by atoms with Crippen molar-refractivity contribution >= 4 is 44.7 Å². The van der Waals surface area contributed by atoms with Gasteiger partial charge in [0, 0.05) is 33.2 Å². The van der Waals surface area contributed by atoms with Crippen LogP contribution in [0.25, 0.3) is 22.2 Å². The van der Waals surface area contributed by atoms with Gasteiger partial charge in [0.25, 0.3) is 5.91 Å². The molecule has 0 saturated carbocycles. The quantitative estimate of drug-likeness (QED) is 0.459. The number of anilines is 1. The summed E-state index contributed by atoms with van der Waals surface area (Å²) in [5, 5.41) is 14.1. The fraction of sp³-hybridized carbons (Fsp3) is 0.0909. The number of thiophene rings is 1. The number of nitrogens with one attached hydrogen (secondary N) is 1. The van der Waals surface area contributed by atoms with Crippen LogP contribution in [0.15, 0.2) is 48.8 Å². The predicted octanol–water partition coefficient (Wildman–Crippen LogP) is 5.75. The molecule has 0 spiro atoms. The van der Waals surface area contributed by atoms with Crippen LogP contribution in [0.3, 0.4) is 0 Å². The van der Waals surface area contributed by atoms with E-state index < -0.39 is 0 Å². The molecule has 3 aromatic heterocycles. The maximum atomic E-state index is 13.2. The fourth-order valence-corrected chi connectivity index (χ4v) is 4.25. The number of fused-ring (bicyclic) bond motifs is 1. The number of carbonyl (C=O) groups excluding carboxylic acids is 1. The van der Waals surface area contributed by atoms with Crippen molar-refractivity contribution < 1.29 is 4.79 Å². The Morgan fingerprint density at radius 2 is 2.07 bits per heavy atom. The monoisotopic (exact) mass is 418 g/mol. The standard InChI is InChI=1S/C22H15ClN4OS/c1-12-13(2)29-22(18(12)10-24)27-21(28)17-9-20(14-4-3-7-25-11-14)26-19-6-5-15(23)8-16(17)19/h3-9,11H,1-2H3,(H,27,28). The highest BCUT2D eigenvalue weighted by Gasteiger charge is 2.19. The van der Waals surface area contributed by atoms with Gasteiger partial charge in [0.1, 0.15) is 11.1 Å². The van der Waals surface area contributed by atoms with Gasteiger partial charge in [-0.25, -0.2) is 4.98 Å². The lowest BCUT2D eigenvalue weighted by atomic mass is 10.0. The van der Waals surface area contributed by atoms with Gasteiger partial charge in [0.2, 0.25) is 0 Å². The second kappa shape index (κ2) is 7.63. The second-order valence-corrected chi connectivity index (χ2v) is 8.17. The highest BCUT2D eigenvalue weighted by Crippen LogP contribution is 2.33. The van der Waals surface area contributed by atoms with E-state index in [1.165, 1.54) is 11.3 Å². The lowest BCUT2D eigenvalue weighted by molar-refractivity contribution is 0.102. The highest BCUT2D eigenvalue weighted by atomic mass is 35.5. The summed E-state index contributed by atoms with van der Waals surface area (Å²) in [7, 11) is 0. The smallest absolute Gasteiger partial charge is 0.257 e. The van der Waals surface area contributed by atoms with Crippen molar-refractivity contribution in [3.05, 3.63) is 75.4 Å². The van der Waals surface area contributed by atoms with Gasteiger partial charge in [0.15, 0.2) is 0 Å². The largest absolute Gasteiger partial charge is 0.312 e. The van der Waals surface area contributed by atoms with Crippen molar-refractivity contribution in [1.29, 1.82) is 5.26 Å². The molecule has 5 nitrogen and oxygen atoms in total. The first-order valence-corrected chi connectivity index (χ1v) is 9.99. The zero-order valence-electron chi connectivity index (χ0n) is 15.7. The van der Waals surface area contributed by atoms with Crippen LogP contribution in [0, 0.1) is 25.2 Å². The number of aryl methyl sites for hydroxylation is 1. The van der Waals surface area contributed by atoms with Gasteiger partial charge < -0.3 is 5.32 Å². The van der Waals surface area contributed by atoms with E-state index in [0.717, 1.165) is 16.0 Å². The molecule has 0 saturated heterocycles. The Hall–Kier alpha value is -3.27. The van der Waals surface area contributed by atoms with Crippen molar-refractivity contribution in [2.24, 2.45) is 0 Å². The molecular weight excluding hydrogens is 404 g/mol. The lowest BCUT2D eigenvalue weighted by Crippen LogP contribution is -2.13. The van der Waals surface area contributed by atoms with Gasteiger partial charge in [-0.3, -0.25) is 9.78 Å². The summed E-state index contributed by atoms with van der Waals surface area (Å²) in [4.78, 5) is 23.0. The van der Waals surface area contributed by atoms with Crippen LogP contribution in [-0.4, -0.2) is 15.9 Å². The molecule has 1 aromatic carbocycles. The predicted molar refractivity (Wildman–Crippen MR) is 116 cm³/mol. The molecule has 0 fully saturated rings. The highest BCUT2D eigenvalue weighted by molar-refractivity contribution is 7.16. The number of nitriles is 1. The SMILES string of the molecule is Cc1sc(NC(=O)c2cc(-c3cccnc3)nc3ccc(Cl)cc23)c(C#N)c1C. The molecule has 4 rings (SSSR count). The molecule has 1 amide bonds. The molecule has 0 aliphatic heterocycles. The van der Waals surface area contributed by atoms with E-state index in [1.54, 1.807) is 36.7 Å². The maximum Gasteiger partial charge on any atom is 0.257 e. The topological polar surface area (TPSA) is 78.7 Å². The summed E-state index contributed by atoms with van der Waals surface area (Å²) in [5.41, 5.74) is 3.90. The minimum atomic E-state index is -0.317.